The maximum absolute atomic E-state index is 12.1. The van der Waals surface area contributed by atoms with E-state index in [1.54, 1.807) is 18.2 Å². The maximum atomic E-state index is 12.1. The minimum absolute atomic E-state index is 0.0923. The zero-order valence-corrected chi connectivity index (χ0v) is 10.9. The van der Waals surface area contributed by atoms with E-state index in [-0.39, 0.29) is 23.7 Å². The monoisotopic (exact) mass is 276 g/mol. The van der Waals surface area contributed by atoms with Crippen molar-refractivity contribution in [2.45, 2.75) is 37.8 Å². The van der Waals surface area contributed by atoms with Crippen LogP contribution in [-0.2, 0) is 0 Å². The first-order valence-electron chi connectivity index (χ1n) is 6.72. The van der Waals surface area contributed by atoms with Crippen molar-refractivity contribution in [1.82, 2.24) is 10.5 Å². The molecule has 0 unspecified atom stereocenters. The summed E-state index contributed by atoms with van der Waals surface area (Å²) in [6.45, 7) is 0. The number of carbonyl (C=O) groups excluding carboxylic acids is 1. The molecule has 0 radical (unpaired) electrons. The van der Waals surface area contributed by atoms with Crippen LogP contribution in [0.5, 0.6) is 0 Å². The summed E-state index contributed by atoms with van der Waals surface area (Å²) in [7, 11) is 0. The second-order valence-corrected chi connectivity index (χ2v) is 5.03. The van der Waals surface area contributed by atoms with Crippen molar-refractivity contribution >= 4 is 5.91 Å². The van der Waals surface area contributed by atoms with Gasteiger partial charge in [-0.05, 0) is 37.8 Å². The Morgan fingerprint density at radius 3 is 2.80 bits per heavy atom. The first-order chi connectivity index (χ1) is 9.72. The number of carbonyl (C=O) groups is 1. The molecule has 6 heteroatoms. The molecule has 0 spiro atoms. The van der Waals surface area contributed by atoms with Gasteiger partial charge in [0.2, 0.25) is 5.76 Å². The number of furan rings is 1. The van der Waals surface area contributed by atoms with E-state index in [1.165, 1.54) is 6.26 Å². The highest BCUT2D eigenvalue weighted by atomic mass is 16.5. The summed E-state index contributed by atoms with van der Waals surface area (Å²) in [4.78, 5) is 12.1. The Kier molecular flexibility index (Phi) is 3.56. The third-order valence-corrected chi connectivity index (χ3v) is 3.54. The fraction of sp³-hybridized carbons (Fsp3) is 0.429. The molecule has 0 bridgehead atoms. The van der Waals surface area contributed by atoms with E-state index >= 15 is 0 Å². The van der Waals surface area contributed by atoms with E-state index in [0.29, 0.717) is 11.5 Å². The van der Waals surface area contributed by atoms with Crippen molar-refractivity contribution in [3.63, 3.8) is 0 Å². The lowest BCUT2D eigenvalue weighted by Gasteiger charge is -2.25. The number of nitrogens with zero attached hydrogens (tertiary/aromatic N) is 1. The molecule has 2 N–H and O–H groups in total. The van der Waals surface area contributed by atoms with Crippen LogP contribution in [0.15, 0.2) is 33.4 Å². The van der Waals surface area contributed by atoms with Crippen molar-refractivity contribution < 1.29 is 18.8 Å². The van der Waals surface area contributed by atoms with Gasteiger partial charge in [-0.1, -0.05) is 5.16 Å². The van der Waals surface area contributed by atoms with Gasteiger partial charge in [0.25, 0.3) is 5.91 Å². The molecule has 2 aromatic rings. The Morgan fingerprint density at radius 2 is 2.10 bits per heavy atom. The Bertz CT molecular complexity index is 568. The van der Waals surface area contributed by atoms with Gasteiger partial charge in [-0.3, -0.25) is 4.79 Å². The third-order valence-electron chi connectivity index (χ3n) is 3.54. The van der Waals surface area contributed by atoms with Crippen LogP contribution in [0.4, 0.5) is 0 Å². The topological polar surface area (TPSA) is 88.5 Å². The minimum Gasteiger partial charge on any atom is -0.461 e. The van der Waals surface area contributed by atoms with Crippen LogP contribution in [0.2, 0.25) is 0 Å². The van der Waals surface area contributed by atoms with Gasteiger partial charge < -0.3 is 19.4 Å². The van der Waals surface area contributed by atoms with Gasteiger partial charge in [-0.25, -0.2) is 0 Å². The number of hydrogen-bond donors (Lipinski definition) is 2. The number of aromatic nitrogens is 1. The van der Waals surface area contributed by atoms with E-state index in [9.17, 15) is 9.90 Å². The molecule has 1 aliphatic carbocycles. The number of nitrogens with one attached hydrogen (secondary N) is 1. The zero-order chi connectivity index (χ0) is 13.9. The van der Waals surface area contributed by atoms with E-state index in [4.69, 9.17) is 8.94 Å². The van der Waals surface area contributed by atoms with E-state index in [2.05, 4.69) is 10.5 Å². The SMILES string of the molecule is O=C(NC1CCC(O)CC1)c1cc(-c2ccco2)on1. The van der Waals surface area contributed by atoms with Crippen LogP contribution in [0.3, 0.4) is 0 Å². The normalized spacial score (nSPS) is 22.6. The smallest absolute Gasteiger partial charge is 0.273 e. The van der Waals surface area contributed by atoms with Gasteiger partial charge >= 0.3 is 0 Å². The summed E-state index contributed by atoms with van der Waals surface area (Å²) in [5, 5.41) is 16.1. The predicted molar refractivity (Wildman–Crippen MR) is 69.9 cm³/mol. The fourth-order valence-electron chi connectivity index (χ4n) is 2.40. The van der Waals surface area contributed by atoms with Gasteiger partial charge in [0, 0.05) is 12.1 Å². The second kappa shape index (κ2) is 5.50. The van der Waals surface area contributed by atoms with Crippen molar-refractivity contribution in [3.8, 4) is 11.5 Å². The highest BCUT2D eigenvalue weighted by molar-refractivity contribution is 5.93. The summed E-state index contributed by atoms with van der Waals surface area (Å²) in [6.07, 6.45) is 4.32. The molecule has 2 aromatic heterocycles. The number of amides is 1. The van der Waals surface area contributed by atoms with Crippen molar-refractivity contribution in [1.29, 1.82) is 0 Å². The van der Waals surface area contributed by atoms with Crippen molar-refractivity contribution in [2.75, 3.05) is 0 Å². The van der Waals surface area contributed by atoms with Gasteiger partial charge in [-0.15, -0.1) is 0 Å². The summed E-state index contributed by atoms with van der Waals surface area (Å²) in [5.41, 5.74) is 0.238. The number of aliphatic hydroxyl groups excluding tert-OH is 1. The first kappa shape index (κ1) is 12.9. The van der Waals surface area contributed by atoms with Crippen LogP contribution < -0.4 is 5.32 Å². The summed E-state index contributed by atoms with van der Waals surface area (Å²) >= 11 is 0. The molecule has 2 heterocycles. The second-order valence-electron chi connectivity index (χ2n) is 5.03. The Hall–Kier alpha value is -2.08. The molecule has 1 fully saturated rings. The molecule has 0 atom stereocenters. The molecule has 0 saturated heterocycles. The van der Waals surface area contributed by atoms with Crippen LogP contribution in [0.1, 0.15) is 36.2 Å². The standard InChI is InChI=1S/C14H16N2O4/c17-10-5-3-9(4-6-10)15-14(18)11-8-13(20-16-11)12-2-1-7-19-12/h1-2,7-10,17H,3-6H2,(H,15,18). The molecule has 106 valence electrons. The summed E-state index contributed by atoms with van der Waals surface area (Å²) in [5.74, 6) is 0.713. The van der Waals surface area contributed by atoms with Crippen LogP contribution in [0, 0.1) is 0 Å². The zero-order valence-electron chi connectivity index (χ0n) is 10.9. The van der Waals surface area contributed by atoms with E-state index in [0.717, 1.165) is 25.7 Å². The van der Waals surface area contributed by atoms with Crippen LogP contribution in [0.25, 0.3) is 11.5 Å². The number of rotatable bonds is 3. The Balaban J connectivity index is 1.63. The molecular weight excluding hydrogens is 260 g/mol. The average molecular weight is 276 g/mol. The predicted octanol–water partition coefficient (Wildman–Crippen LogP) is 1.97. The quantitative estimate of drug-likeness (QED) is 0.894. The molecule has 0 aliphatic heterocycles. The molecule has 1 saturated carbocycles. The van der Waals surface area contributed by atoms with Gasteiger partial charge in [0.05, 0.1) is 12.4 Å². The van der Waals surface area contributed by atoms with Gasteiger partial charge in [0.1, 0.15) is 0 Å². The van der Waals surface area contributed by atoms with Crippen LogP contribution >= 0.6 is 0 Å². The molecule has 6 nitrogen and oxygen atoms in total. The molecule has 20 heavy (non-hydrogen) atoms. The fourth-order valence-corrected chi connectivity index (χ4v) is 2.40. The first-order valence-corrected chi connectivity index (χ1v) is 6.72. The largest absolute Gasteiger partial charge is 0.461 e. The van der Waals surface area contributed by atoms with Crippen molar-refractivity contribution in [2.24, 2.45) is 0 Å². The molecular formula is C14H16N2O4. The highest BCUT2D eigenvalue weighted by Crippen LogP contribution is 2.21. The summed E-state index contributed by atoms with van der Waals surface area (Å²) < 4.78 is 10.3. The average Bonchev–Trinajstić information content (AvgIpc) is 3.11. The molecule has 0 aromatic carbocycles. The van der Waals surface area contributed by atoms with E-state index < -0.39 is 0 Å². The Labute approximate surface area is 115 Å². The third kappa shape index (κ3) is 2.75. The lowest BCUT2D eigenvalue weighted by molar-refractivity contribution is 0.0859. The number of aliphatic hydroxyl groups is 1. The van der Waals surface area contributed by atoms with E-state index in [1.807, 2.05) is 0 Å². The molecule has 1 aliphatic rings. The van der Waals surface area contributed by atoms with Crippen LogP contribution in [-0.4, -0.2) is 28.3 Å². The number of hydrogen-bond acceptors (Lipinski definition) is 5. The van der Waals surface area contributed by atoms with Crippen molar-refractivity contribution in [3.05, 3.63) is 30.2 Å². The minimum atomic E-state index is -0.257. The summed E-state index contributed by atoms with van der Waals surface area (Å²) in [6, 6.07) is 5.14. The Morgan fingerprint density at radius 1 is 1.30 bits per heavy atom. The lowest BCUT2D eigenvalue weighted by Crippen LogP contribution is -2.38. The highest BCUT2D eigenvalue weighted by Gasteiger charge is 2.23. The maximum Gasteiger partial charge on any atom is 0.273 e. The lowest BCUT2D eigenvalue weighted by atomic mass is 9.93. The molecule has 3 rings (SSSR count). The molecule has 1 amide bonds. The van der Waals surface area contributed by atoms with Gasteiger partial charge in [0.15, 0.2) is 11.5 Å². The van der Waals surface area contributed by atoms with Gasteiger partial charge in [-0.2, -0.15) is 0 Å².